The SMILES string of the molecule is CC1Cc2cc(C(Br)c3ccc(Cl)s3)ccc2O1. The Kier molecular flexibility index (Phi) is 3.39. The van der Waals surface area contributed by atoms with Crippen molar-refractivity contribution >= 4 is 38.9 Å². The van der Waals surface area contributed by atoms with Crippen LogP contribution in [0.3, 0.4) is 0 Å². The molecule has 1 nitrogen and oxygen atoms in total. The molecule has 0 aliphatic carbocycles. The first kappa shape index (κ1) is 12.5. The molecule has 1 aromatic heterocycles. The molecule has 0 radical (unpaired) electrons. The average Bonchev–Trinajstić information content (AvgIpc) is 2.92. The highest BCUT2D eigenvalue weighted by molar-refractivity contribution is 9.09. The second-order valence-electron chi connectivity index (χ2n) is 4.50. The van der Waals surface area contributed by atoms with E-state index in [4.69, 9.17) is 16.3 Å². The van der Waals surface area contributed by atoms with Gasteiger partial charge in [-0.05, 0) is 36.2 Å². The minimum Gasteiger partial charge on any atom is -0.490 e. The average molecular weight is 344 g/mol. The van der Waals surface area contributed by atoms with Crippen LogP contribution in [0.2, 0.25) is 4.34 Å². The monoisotopic (exact) mass is 342 g/mol. The molecule has 0 bridgehead atoms. The summed E-state index contributed by atoms with van der Waals surface area (Å²) >= 11 is 11.3. The van der Waals surface area contributed by atoms with E-state index >= 15 is 0 Å². The lowest BCUT2D eigenvalue weighted by atomic mass is 10.0. The number of thiophene rings is 1. The van der Waals surface area contributed by atoms with Crippen molar-refractivity contribution in [1.82, 2.24) is 0 Å². The summed E-state index contributed by atoms with van der Waals surface area (Å²) in [4.78, 5) is 1.43. The third kappa shape index (κ3) is 2.31. The molecule has 0 saturated heterocycles. The van der Waals surface area contributed by atoms with Gasteiger partial charge < -0.3 is 4.74 Å². The standard InChI is InChI=1S/C14H12BrClOS/c1-8-6-10-7-9(2-3-11(10)17-8)14(15)12-4-5-13(16)18-12/h2-5,7-8,14H,6H2,1H3. The van der Waals surface area contributed by atoms with E-state index in [-0.39, 0.29) is 4.83 Å². The van der Waals surface area contributed by atoms with E-state index in [1.54, 1.807) is 11.3 Å². The maximum atomic E-state index is 5.98. The zero-order valence-corrected chi connectivity index (χ0v) is 13.0. The molecule has 3 rings (SSSR count). The van der Waals surface area contributed by atoms with Crippen LogP contribution in [0, 0.1) is 0 Å². The van der Waals surface area contributed by atoms with Crippen LogP contribution in [0.25, 0.3) is 0 Å². The van der Waals surface area contributed by atoms with Crippen LogP contribution in [0.15, 0.2) is 30.3 Å². The Morgan fingerprint density at radius 2 is 2.22 bits per heavy atom. The smallest absolute Gasteiger partial charge is 0.123 e. The predicted molar refractivity (Wildman–Crippen MR) is 80.3 cm³/mol. The highest BCUT2D eigenvalue weighted by Crippen LogP contribution is 2.39. The molecule has 0 amide bonds. The maximum Gasteiger partial charge on any atom is 0.123 e. The molecule has 2 unspecified atom stereocenters. The number of fused-ring (bicyclic) bond motifs is 1. The maximum absolute atomic E-state index is 5.98. The second-order valence-corrected chi connectivity index (χ2v) is 7.17. The Hall–Kier alpha value is -0.510. The Balaban J connectivity index is 1.91. The quantitative estimate of drug-likeness (QED) is 0.680. The van der Waals surface area contributed by atoms with Crippen molar-refractivity contribution in [1.29, 1.82) is 0 Å². The Morgan fingerprint density at radius 3 is 2.94 bits per heavy atom. The second kappa shape index (κ2) is 4.87. The number of benzene rings is 1. The molecule has 94 valence electrons. The fourth-order valence-corrected chi connectivity index (χ4v) is 4.01. The molecular formula is C14H12BrClOS. The predicted octanol–water partition coefficient (Wildman–Crippen LogP) is 5.21. The summed E-state index contributed by atoms with van der Waals surface area (Å²) in [5, 5.41) is 0. The van der Waals surface area contributed by atoms with Gasteiger partial charge in [-0.3, -0.25) is 0 Å². The number of rotatable bonds is 2. The molecule has 18 heavy (non-hydrogen) atoms. The Labute approximate surface area is 124 Å². The Bertz CT molecular complexity index is 581. The summed E-state index contributed by atoms with van der Waals surface area (Å²) in [5.74, 6) is 1.02. The first-order valence-electron chi connectivity index (χ1n) is 5.82. The third-order valence-electron chi connectivity index (χ3n) is 3.06. The third-order valence-corrected chi connectivity index (χ3v) is 5.68. The number of halogens is 2. The van der Waals surface area contributed by atoms with Crippen LogP contribution >= 0.6 is 38.9 Å². The molecule has 4 heteroatoms. The topological polar surface area (TPSA) is 9.23 Å². The fourth-order valence-electron chi connectivity index (χ4n) is 2.23. The van der Waals surface area contributed by atoms with Crippen LogP contribution in [-0.4, -0.2) is 6.10 Å². The van der Waals surface area contributed by atoms with Crippen molar-refractivity contribution < 1.29 is 4.74 Å². The van der Waals surface area contributed by atoms with Crippen molar-refractivity contribution in [2.24, 2.45) is 0 Å². The summed E-state index contributed by atoms with van der Waals surface area (Å²) in [7, 11) is 0. The van der Waals surface area contributed by atoms with E-state index in [1.165, 1.54) is 16.0 Å². The Morgan fingerprint density at radius 1 is 1.39 bits per heavy atom. The molecule has 0 N–H and O–H groups in total. The van der Waals surface area contributed by atoms with Crippen LogP contribution in [0.4, 0.5) is 0 Å². The first-order chi connectivity index (χ1) is 8.63. The van der Waals surface area contributed by atoms with Gasteiger partial charge in [0.25, 0.3) is 0 Å². The lowest BCUT2D eigenvalue weighted by molar-refractivity contribution is 0.254. The summed E-state index contributed by atoms with van der Waals surface area (Å²) in [6, 6.07) is 10.4. The number of alkyl halides is 1. The summed E-state index contributed by atoms with van der Waals surface area (Å²) in [5.41, 5.74) is 2.55. The van der Waals surface area contributed by atoms with Crippen molar-refractivity contribution in [3.8, 4) is 5.75 Å². The zero-order chi connectivity index (χ0) is 12.7. The van der Waals surface area contributed by atoms with Crippen molar-refractivity contribution in [2.45, 2.75) is 24.3 Å². The number of hydrogen-bond donors (Lipinski definition) is 0. The summed E-state index contributed by atoms with van der Waals surface area (Å²) in [6.45, 7) is 2.10. The van der Waals surface area contributed by atoms with Gasteiger partial charge in [0.1, 0.15) is 11.9 Å². The molecule has 1 aliphatic rings. The van der Waals surface area contributed by atoms with E-state index in [9.17, 15) is 0 Å². The van der Waals surface area contributed by atoms with Gasteiger partial charge in [-0.2, -0.15) is 0 Å². The highest BCUT2D eigenvalue weighted by Gasteiger charge is 2.21. The van der Waals surface area contributed by atoms with Gasteiger partial charge in [0.15, 0.2) is 0 Å². The molecule has 1 aromatic carbocycles. The van der Waals surface area contributed by atoms with E-state index in [1.807, 2.05) is 6.07 Å². The first-order valence-corrected chi connectivity index (χ1v) is 7.93. The molecule has 2 heterocycles. The minimum absolute atomic E-state index is 0.205. The van der Waals surface area contributed by atoms with Crippen molar-refractivity contribution in [3.05, 3.63) is 50.7 Å². The van der Waals surface area contributed by atoms with Crippen LogP contribution in [-0.2, 0) is 6.42 Å². The van der Waals surface area contributed by atoms with E-state index in [0.29, 0.717) is 6.10 Å². The van der Waals surface area contributed by atoms with E-state index in [2.05, 4.69) is 47.1 Å². The van der Waals surface area contributed by atoms with Crippen LogP contribution in [0.5, 0.6) is 5.75 Å². The molecular weight excluding hydrogens is 332 g/mol. The van der Waals surface area contributed by atoms with Gasteiger partial charge >= 0.3 is 0 Å². The summed E-state index contributed by atoms with van der Waals surface area (Å²) in [6.07, 6.45) is 1.29. The number of hydrogen-bond acceptors (Lipinski definition) is 2. The lowest BCUT2D eigenvalue weighted by Crippen LogP contribution is -2.05. The van der Waals surface area contributed by atoms with E-state index in [0.717, 1.165) is 16.5 Å². The van der Waals surface area contributed by atoms with Crippen molar-refractivity contribution in [2.75, 3.05) is 0 Å². The minimum atomic E-state index is 0.205. The highest BCUT2D eigenvalue weighted by atomic mass is 79.9. The van der Waals surface area contributed by atoms with Gasteiger partial charge in [-0.15, -0.1) is 11.3 Å². The largest absolute Gasteiger partial charge is 0.490 e. The van der Waals surface area contributed by atoms with Gasteiger partial charge in [0.05, 0.1) is 9.16 Å². The fraction of sp³-hybridized carbons (Fsp3) is 0.286. The van der Waals surface area contributed by atoms with E-state index < -0.39 is 0 Å². The van der Waals surface area contributed by atoms with Gasteiger partial charge in [-0.25, -0.2) is 0 Å². The van der Waals surface area contributed by atoms with Crippen molar-refractivity contribution in [3.63, 3.8) is 0 Å². The van der Waals surface area contributed by atoms with Gasteiger partial charge in [0, 0.05) is 11.3 Å². The molecule has 2 aromatic rings. The molecule has 0 saturated carbocycles. The van der Waals surface area contributed by atoms with Crippen LogP contribution < -0.4 is 4.74 Å². The summed E-state index contributed by atoms with van der Waals surface area (Å²) < 4.78 is 6.54. The molecule has 2 atom stereocenters. The van der Waals surface area contributed by atoms with Gasteiger partial charge in [0.2, 0.25) is 0 Å². The number of ether oxygens (including phenoxy) is 1. The lowest BCUT2D eigenvalue weighted by Gasteiger charge is -2.09. The van der Waals surface area contributed by atoms with Gasteiger partial charge in [-0.1, -0.05) is 39.7 Å². The molecule has 0 fully saturated rings. The zero-order valence-electron chi connectivity index (χ0n) is 9.82. The van der Waals surface area contributed by atoms with Crippen LogP contribution in [0.1, 0.15) is 27.8 Å². The normalized spacial score (nSPS) is 19.4. The molecule has 1 aliphatic heterocycles. The molecule has 0 spiro atoms.